The smallest absolute Gasteiger partial charge is 0.118 e. The molecule has 0 N–H and O–H groups in total. The predicted molar refractivity (Wildman–Crippen MR) is 103 cm³/mol. The third kappa shape index (κ3) is 4.86. The second-order valence-electron chi connectivity index (χ2n) is 7.13. The largest absolute Gasteiger partial charge is 0.497 e. The average Bonchev–Trinajstić information content (AvgIpc) is 3.28. The van der Waals surface area contributed by atoms with Crippen molar-refractivity contribution in [3.8, 4) is 5.75 Å². The summed E-state index contributed by atoms with van der Waals surface area (Å²) in [5.41, 5.74) is 3.88. The number of hydrogen-bond acceptors (Lipinski definition) is 4. The van der Waals surface area contributed by atoms with Gasteiger partial charge in [0.2, 0.25) is 0 Å². The lowest BCUT2D eigenvalue weighted by atomic mass is 10.1. The van der Waals surface area contributed by atoms with Gasteiger partial charge in [-0.2, -0.15) is 5.10 Å². The van der Waals surface area contributed by atoms with Gasteiger partial charge in [0.1, 0.15) is 5.75 Å². The van der Waals surface area contributed by atoms with Crippen LogP contribution >= 0.6 is 0 Å². The summed E-state index contributed by atoms with van der Waals surface area (Å²) in [7, 11) is 1.70. The van der Waals surface area contributed by atoms with Gasteiger partial charge in [-0.25, -0.2) is 0 Å². The zero-order chi connectivity index (χ0) is 18.4. The Morgan fingerprint density at radius 1 is 1.27 bits per heavy atom. The Morgan fingerprint density at radius 3 is 2.73 bits per heavy atom. The number of hydrogen-bond donors (Lipinski definition) is 0. The van der Waals surface area contributed by atoms with Crippen LogP contribution in [0.4, 0.5) is 0 Å². The Bertz CT molecular complexity index is 675. The number of methoxy groups -OCH3 is 1. The molecule has 2 aromatic rings. The van der Waals surface area contributed by atoms with Crippen molar-refractivity contribution in [3.63, 3.8) is 0 Å². The van der Waals surface area contributed by atoms with Crippen LogP contribution in [0, 0.1) is 6.92 Å². The van der Waals surface area contributed by atoms with Gasteiger partial charge in [-0.05, 0) is 43.9 Å². The summed E-state index contributed by atoms with van der Waals surface area (Å²) in [4.78, 5) is 2.48. The molecule has 1 aliphatic rings. The number of ether oxygens (including phenoxy) is 2. The summed E-state index contributed by atoms with van der Waals surface area (Å²) in [6, 6.07) is 8.36. The third-order valence-corrected chi connectivity index (χ3v) is 5.09. The molecule has 142 valence electrons. The number of rotatable bonds is 9. The summed E-state index contributed by atoms with van der Waals surface area (Å²) in [6.07, 6.45) is 5.82. The van der Waals surface area contributed by atoms with Gasteiger partial charge in [0.15, 0.2) is 0 Å². The monoisotopic (exact) mass is 357 g/mol. The summed E-state index contributed by atoms with van der Waals surface area (Å²) < 4.78 is 13.3. The molecular formula is C21H31N3O2. The molecule has 2 heterocycles. The molecule has 0 radical (unpaired) electrons. The first-order valence-electron chi connectivity index (χ1n) is 9.67. The summed E-state index contributed by atoms with van der Waals surface area (Å²) >= 11 is 0. The van der Waals surface area contributed by atoms with Crippen LogP contribution in [0.15, 0.2) is 30.5 Å². The van der Waals surface area contributed by atoms with Crippen molar-refractivity contribution in [2.45, 2.75) is 58.8 Å². The maximum absolute atomic E-state index is 5.89. The Balaban J connectivity index is 1.71. The summed E-state index contributed by atoms with van der Waals surface area (Å²) in [5, 5.41) is 4.56. The van der Waals surface area contributed by atoms with Crippen LogP contribution in [0.3, 0.4) is 0 Å². The van der Waals surface area contributed by atoms with Gasteiger partial charge >= 0.3 is 0 Å². The van der Waals surface area contributed by atoms with E-state index >= 15 is 0 Å². The Labute approximate surface area is 156 Å². The van der Waals surface area contributed by atoms with Gasteiger partial charge in [0.25, 0.3) is 0 Å². The van der Waals surface area contributed by atoms with Crippen molar-refractivity contribution in [3.05, 3.63) is 47.3 Å². The third-order valence-electron chi connectivity index (χ3n) is 5.09. The van der Waals surface area contributed by atoms with E-state index < -0.39 is 0 Å². The molecule has 1 fully saturated rings. The van der Waals surface area contributed by atoms with Gasteiger partial charge in [-0.3, -0.25) is 9.58 Å². The molecular weight excluding hydrogens is 326 g/mol. The van der Waals surface area contributed by atoms with E-state index in [1.807, 2.05) is 18.3 Å². The van der Waals surface area contributed by atoms with Crippen LogP contribution in [-0.4, -0.2) is 41.0 Å². The Kier molecular flexibility index (Phi) is 6.69. The highest BCUT2D eigenvalue weighted by Gasteiger charge is 2.21. The highest BCUT2D eigenvalue weighted by molar-refractivity contribution is 5.27. The quantitative estimate of drug-likeness (QED) is 0.684. The fourth-order valence-corrected chi connectivity index (χ4v) is 3.57. The van der Waals surface area contributed by atoms with E-state index in [9.17, 15) is 0 Å². The lowest BCUT2D eigenvalue weighted by molar-refractivity contribution is 0.0678. The first-order valence-corrected chi connectivity index (χ1v) is 9.67. The molecule has 26 heavy (non-hydrogen) atoms. The van der Waals surface area contributed by atoms with Gasteiger partial charge < -0.3 is 9.47 Å². The standard InChI is InChI=1S/C21H31N3O2/c1-4-11-24-17(2)19(13-22-24)15-23(16-21-6-5-12-26-21)14-18-7-9-20(25-3)10-8-18/h7-10,13,21H,4-6,11-12,14-16H2,1-3H3. The predicted octanol–water partition coefficient (Wildman–Crippen LogP) is 3.79. The number of benzene rings is 1. The topological polar surface area (TPSA) is 39.5 Å². The average molecular weight is 357 g/mol. The van der Waals surface area contributed by atoms with E-state index in [0.717, 1.165) is 51.4 Å². The van der Waals surface area contributed by atoms with E-state index in [1.54, 1.807) is 7.11 Å². The first kappa shape index (κ1) is 18.9. The van der Waals surface area contributed by atoms with Crippen molar-refractivity contribution in [1.29, 1.82) is 0 Å². The van der Waals surface area contributed by atoms with Crippen molar-refractivity contribution < 1.29 is 9.47 Å². The zero-order valence-electron chi connectivity index (χ0n) is 16.3. The molecule has 0 aliphatic carbocycles. The van der Waals surface area contributed by atoms with Crippen LogP contribution in [0.25, 0.3) is 0 Å². The maximum Gasteiger partial charge on any atom is 0.118 e. The second kappa shape index (κ2) is 9.19. The van der Waals surface area contributed by atoms with E-state index in [4.69, 9.17) is 9.47 Å². The van der Waals surface area contributed by atoms with Crippen LogP contribution in [0.2, 0.25) is 0 Å². The van der Waals surface area contributed by atoms with Crippen LogP contribution < -0.4 is 4.74 Å². The molecule has 5 heteroatoms. The minimum absolute atomic E-state index is 0.347. The van der Waals surface area contributed by atoms with Crippen molar-refractivity contribution in [2.75, 3.05) is 20.3 Å². The fourth-order valence-electron chi connectivity index (χ4n) is 3.57. The summed E-state index contributed by atoms with van der Waals surface area (Å²) in [6.45, 7) is 9.02. The molecule has 0 saturated carbocycles. The normalized spacial score (nSPS) is 17.2. The lowest BCUT2D eigenvalue weighted by Gasteiger charge is -2.25. The number of nitrogens with zero attached hydrogens (tertiary/aromatic N) is 3. The molecule has 0 spiro atoms. The van der Waals surface area contributed by atoms with Gasteiger partial charge in [0, 0.05) is 44.0 Å². The van der Waals surface area contributed by atoms with E-state index in [1.165, 1.54) is 23.2 Å². The van der Waals surface area contributed by atoms with Crippen molar-refractivity contribution in [1.82, 2.24) is 14.7 Å². The molecule has 0 bridgehead atoms. The van der Waals surface area contributed by atoms with Crippen LogP contribution in [0.1, 0.15) is 43.0 Å². The maximum atomic E-state index is 5.89. The molecule has 3 rings (SSSR count). The molecule has 1 unspecified atom stereocenters. The van der Waals surface area contributed by atoms with Crippen LogP contribution in [-0.2, 0) is 24.4 Å². The minimum Gasteiger partial charge on any atom is -0.497 e. The molecule has 1 aromatic carbocycles. The molecule has 5 nitrogen and oxygen atoms in total. The van der Waals surface area contributed by atoms with E-state index in [2.05, 4.69) is 40.7 Å². The number of aromatic nitrogens is 2. The highest BCUT2D eigenvalue weighted by Crippen LogP contribution is 2.20. The number of aryl methyl sites for hydroxylation is 1. The molecule has 1 aromatic heterocycles. The van der Waals surface area contributed by atoms with Crippen molar-refractivity contribution in [2.24, 2.45) is 0 Å². The molecule has 1 atom stereocenters. The zero-order valence-corrected chi connectivity index (χ0v) is 16.3. The minimum atomic E-state index is 0.347. The van der Waals surface area contributed by atoms with Gasteiger partial charge in [0.05, 0.1) is 19.4 Å². The van der Waals surface area contributed by atoms with Gasteiger partial charge in [-0.15, -0.1) is 0 Å². The Morgan fingerprint density at radius 2 is 2.08 bits per heavy atom. The SMILES string of the molecule is CCCn1ncc(CN(Cc2ccc(OC)cc2)CC2CCCO2)c1C. The van der Waals surface area contributed by atoms with E-state index in [0.29, 0.717) is 6.10 Å². The first-order chi connectivity index (χ1) is 12.7. The van der Waals surface area contributed by atoms with Crippen molar-refractivity contribution >= 4 is 0 Å². The van der Waals surface area contributed by atoms with Crippen LogP contribution in [0.5, 0.6) is 5.75 Å². The Hall–Kier alpha value is -1.85. The second-order valence-corrected chi connectivity index (χ2v) is 7.13. The molecule has 0 amide bonds. The highest BCUT2D eigenvalue weighted by atomic mass is 16.5. The van der Waals surface area contributed by atoms with E-state index in [-0.39, 0.29) is 0 Å². The molecule has 1 aliphatic heterocycles. The lowest BCUT2D eigenvalue weighted by Crippen LogP contribution is -2.31. The summed E-state index contributed by atoms with van der Waals surface area (Å²) in [5.74, 6) is 0.899. The van der Waals surface area contributed by atoms with Gasteiger partial charge in [-0.1, -0.05) is 19.1 Å². The fraction of sp³-hybridized carbons (Fsp3) is 0.571. The molecule has 1 saturated heterocycles.